The van der Waals surface area contributed by atoms with Gasteiger partial charge in [0.1, 0.15) is 18.2 Å². The largest absolute Gasteiger partial charge is 0.492 e. The minimum Gasteiger partial charge on any atom is -0.492 e. The van der Waals surface area contributed by atoms with Crippen LogP contribution >= 0.6 is 0 Å². The Morgan fingerprint density at radius 2 is 1.85 bits per heavy atom. The number of pyridine rings is 1. The van der Waals surface area contributed by atoms with Crippen molar-refractivity contribution in [3.8, 4) is 11.5 Å². The summed E-state index contributed by atoms with van der Waals surface area (Å²) < 4.78 is 24.2. The number of rotatable bonds is 11. The third-order valence-corrected chi connectivity index (χ3v) is 3.85. The lowest BCUT2D eigenvalue weighted by atomic mass is 10.2. The van der Waals surface area contributed by atoms with Gasteiger partial charge >= 0.3 is 5.97 Å². The van der Waals surface area contributed by atoms with Gasteiger partial charge in [-0.25, -0.2) is 14.2 Å². The number of aromatic nitrogens is 1. The van der Waals surface area contributed by atoms with E-state index in [2.05, 4.69) is 11.9 Å². The van der Waals surface area contributed by atoms with Gasteiger partial charge in [0.15, 0.2) is 11.4 Å². The van der Waals surface area contributed by atoms with Crippen molar-refractivity contribution in [3.05, 3.63) is 53.6 Å². The van der Waals surface area contributed by atoms with Gasteiger partial charge in [0.25, 0.3) is 0 Å². The zero-order valence-corrected chi connectivity index (χ0v) is 14.9. The number of aromatic carboxylic acids is 1. The predicted octanol–water partition coefficient (Wildman–Crippen LogP) is 4.85. The van der Waals surface area contributed by atoms with Gasteiger partial charge in [0, 0.05) is 6.07 Å². The second-order valence-corrected chi connectivity index (χ2v) is 6.00. The molecule has 26 heavy (non-hydrogen) atoms. The Balaban J connectivity index is 1.96. The molecule has 0 atom stereocenters. The molecule has 0 saturated carbocycles. The summed E-state index contributed by atoms with van der Waals surface area (Å²) in [7, 11) is 0. The second kappa shape index (κ2) is 10.4. The molecule has 1 aromatic heterocycles. The zero-order chi connectivity index (χ0) is 18.8. The van der Waals surface area contributed by atoms with E-state index in [0.717, 1.165) is 18.4 Å². The monoisotopic (exact) mass is 361 g/mol. The van der Waals surface area contributed by atoms with E-state index in [9.17, 15) is 14.3 Å². The van der Waals surface area contributed by atoms with Gasteiger partial charge in [-0.05, 0) is 24.1 Å². The molecule has 6 heteroatoms. The van der Waals surface area contributed by atoms with Crippen LogP contribution in [0.25, 0.3) is 0 Å². The summed E-state index contributed by atoms with van der Waals surface area (Å²) in [6.45, 7) is 2.83. The van der Waals surface area contributed by atoms with Crippen molar-refractivity contribution in [2.75, 3.05) is 6.61 Å². The molecule has 0 aliphatic heterocycles. The zero-order valence-electron chi connectivity index (χ0n) is 14.9. The molecule has 0 aliphatic rings. The van der Waals surface area contributed by atoms with Crippen molar-refractivity contribution in [2.24, 2.45) is 0 Å². The van der Waals surface area contributed by atoms with E-state index in [1.807, 2.05) is 0 Å². The number of nitrogens with zero attached hydrogens (tertiary/aromatic N) is 1. The van der Waals surface area contributed by atoms with Crippen molar-refractivity contribution in [1.82, 2.24) is 4.98 Å². The lowest BCUT2D eigenvalue weighted by Crippen LogP contribution is -2.07. The number of hydrogen-bond acceptors (Lipinski definition) is 4. The first-order valence-corrected chi connectivity index (χ1v) is 8.83. The molecule has 1 aromatic carbocycles. The quantitative estimate of drug-likeness (QED) is 0.580. The van der Waals surface area contributed by atoms with E-state index in [1.165, 1.54) is 43.7 Å². The fraction of sp³-hybridized carbons (Fsp3) is 0.400. The Morgan fingerprint density at radius 3 is 2.54 bits per heavy atom. The predicted molar refractivity (Wildman–Crippen MR) is 96.2 cm³/mol. The summed E-state index contributed by atoms with van der Waals surface area (Å²) in [5.41, 5.74) is 0.549. The first kappa shape index (κ1) is 19.7. The first-order valence-electron chi connectivity index (χ1n) is 8.83. The summed E-state index contributed by atoms with van der Waals surface area (Å²) in [5.74, 6) is -0.911. The fourth-order valence-corrected chi connectivity index (χ4v) is 2.41. The summed E-state index contributed by atoms with van der Waals surface area (Å²) in [5, 5.41) is 9.25. The third kappa shape index (κ3) is 6.35. The van der Waals surface area contributed by atoms with Gasteiger partial charge in [-0.1, -0.05) is 44.7 Å². The van der Waals surface area contributed by atoms with E-state index in [-0.39, 0.29) is 23.9 Å². The van der Waals surface area contributed by atoms with Gasteiger partial charge in [-0.2, -0.15) is 0 Å². The molecular formula is C20H24FNO4. The number of carboxylic acid groups (broad SMARTS) is 1. The maximum Gasteiger partial charge on any atom is 0.358 e. The summed E-state index contributed by atoms with van der Waals surface area (Å²) in [4.78, 5) is 15.2. The lowest BCUT2D eigenvalue weighted by Gasteiger charge is -2.11. The fourth-order valence-electron chi connectivity index (χ4n) is 2.41. The van der Waals surface area contributed by atoms with Crippen molar-refractivity contribution in [2.45, 2.75) is 45.6 Å². The SMILES string of the molecule is CCCCCCCOc1cnc(C(=O)O)c(OCc2ccc(F)cc2)c1. The average Bonchev–Trinajstić information content (AvgIpc) is 2.64. The topological polar surface area (TPSA) is 68.7 Å². The second-order valence-electron chi connectivity index (χ2n) is 6.00. The van der Waals surface area contributed by atoms with Crippen LogP contribution in [0.2, 0.25) is 0 Å². The summed E-state index contributed by atoms with van der Waals surface area (Å²) in [6.07, 6.45) is 7.02. The smallest absolute Gasteiger partial charge is 0.358 e. The van der Waals surface area contributed by atoms with Crippen LogP contribution in [-0.4, -0.2) is 22.7 Å². The van der Waals surface area contributed by atoms with Gasteiger partial charge in [0.2, 0.25) is 0 Å². The molecule has 140 valence electrons. The van der Waals surface area contributed by atoms with Crippen LogP contribution in [0.1, 0.15) is 55.1 Å². The standard InChI is InChI=1S/C20H24FNO4/c1-2-3-4-5-6-11-25-17-12-18(19(20(23)24)22-13-17)26-14-15-7-9-16(21)10-8-15/h7-10,12-13H,2-6,11,14H2,1H3,(H,23,24). The van der Waals surface area contributed by atoms with Gasteiger partial charge < -0.3 is 14.6 Å². The number of hydrogen-bond donors (Lipinski definition) is 1. The van der Waals surface area contributed by atoms with E-state index in [4.69, 9.17) is 9.47 Å². The van der Waals surface area contributed by atoms with Crippen molar-refractivity contribution in [3.63, 3.8) is 0 Å². The van der Waals surface area contributed by atoms with Crippen molar-refractivity contribution in [1.29, 1.82) is 0 Å². The molecule has 0 aliphatic carbocycles. The Morgan fingerprint density at radius 1 is 1.12 bits per heavy atom. The maximum absolute atomic E-state index is 12.9. The Labute approximate surface area is 152 Å². The molecule has 0 radical (unpaired) electrons. The number of carbonyl (C=O) groups is 1. The molecule has 1 N–H and O–H groups in total. The molecule has 0 spiro atoms. The van der Waals surface area contributed by atoms with Crippen LogP contribution in [0.5, 0.6) is 11.5 Å². The van der Waals surface area contributed by atoms with E-state index in [0.29, 0.717) is 12.4 Å². The van der Waals surface area contributed by atoms with E-state index in [1.54, 1.807) is 12.1 Å². The highest BCUT2D eigenvalue weighted by atomic mass is 19.1. The number of benzene rings is 1. The molecule has 0 unspecified atom stereocenters. The number of carboxylic acids is 1. The Kier molecular flexibility index (Phi) is 7.86. The van der Waals surface area contributed by atoms with Crippen LogP contribution in [-0.2, 0) is 6.61 Å². The molecular weight excluding hydrogens is 337 g/mol. The molecule has 0 fully saturated rings. The minimum atomic E-state index is -1.18. The van der Waals surface area contributed by atoms with Gasteiger partial charge in [-0.15, -0.1) is 0 Å². The third-order valence-electron chi connectivity index (χ3n) is 3.85. The van der Waals surface area contributed by atoms with E-state index < -0.39 is 5.97 Å². The van der Waals surface area contributed by atoms with Gasteiger partial charge in [-0.3, -0.25) is 0 Å². The molecule has 0 bridgehead atoms. The van der Waals surface area contributed by atoms with E-state index >= 15 is 0 Å². The minimum absolute atomic E-state index is 0.114. The van der Waals surface area contributed by atoms with Crippen LogP contribution in [0, 0.1) is 5.82 Å². The van der Waals surface area contributed by atoms with Crippen LogP contribution in [0.3, 0.4) is 0 Å². The van der Waals surface area contributed by atoms with Gasteiger partial charge in [0.05, 0.1) is 12.8 Å². The number of unbranched alkanes of at least 4 members (excludes halogenated alkanes) is 4. The maximum atomic E-state index is 12.9. The average molecular weight is 361 g/mol. The molecule has 2 aromatic rings. The number of halogens is 1. The van der Waals surface area contributed by atoms with Crippen LogP contribution in [0.15, 0.2) is 36.5 Å². The molecule has 1 heterocycles. The Bertz CT molecular complexity index is 703. The van der Waals surface area contributed by atoms with Crippen LogP contribution < -0.4 is 9.47 Å². The van der Waals surface area contributed by atoms with Crippen LogP contribution in [0.4, 0.5) is 4.39 Å². The first-order chi connectivity index (χ1) is 12.6. The lowest BCUT2D eigenvalue weighted by molar-refractivity contribution is 0.0684. The normalized spacial score (nSPS) is 10.5. The highest BCUT2D eigenvalue weighted by molar-refractivity contribution is 5.88. The number of ether oxygens (including phenoxy) is 2. The highest BCUT2D eigenvalue weighted by Gasteiger charge is 2.15. The molecule has 2 rings (SSSR count). The molecule has 0 amide bonds. The van der Waals surface area contributed by atoms with Crippen molar-refractivity contribution >= 4 is 5.97 Å². The Hall–Kier alpha value is -2.63. The molecule has 0 saturated heterocycles. The summed E-state index contributed by atoms with van der Waals surface area (Å²) in [6, 6.07) is 7.35. The molecule has 5 nitrogen and oxygen atoms in total. The summed E-state index contributed by atoms with van der Waals surface area (Å²) >= 11 is 0. The van der Waals surface area contributed by atoms with Crippen molar-refractivity contribution < 1.29 is 23.8 Å². The highest BCUT2D eigenvalue weighted by Crippen LogP contribution is 2.24.